The van der Waals surface area contributed by atoms with Crippen molar-refractivity contribution in [1.29, 1.82) is 0 Å². The molecular weight excluding hydrogens is 286 g/mol. The summed E-state index contributed by atoms with van der Waals surface area (Å²) in [5.74, 6) is -0.172. The molecule has 122 valence electrons. The summed E-state index contributed by atoms with van der Waals surface area (Å²) in [6.45, 7) is 1.71. The number of nitrogens with one attached hydrogen (secondary N) is 1. The molecule has 1 amide bonds. The molecule has 1 aromatic rings. The summed E-state index contributed by atoms with van der Waals surface area (Å²) in [6, 6.07) is 5.58. The van der Waals surface area contributed by atoms with Gasteiger partial charge in [-0.15, -0.1) is 0 Å². The van der Waals surface area contributed by atoms with Gasteiger partial charge < -0.3 is 19.9 Å². The van der Waals surface area contributed by atoms with Gasteiger partial charge in [0.2, 0.25) is 5.91 Å². The summed E-state index contributed by atoms with van der Waals surface area (Å²) in [5, 5.41) is 11.4. The van der Waals surface area contributed by atoms with Gasteiger partial charge in [-0.2, -0.15) is 0 Å². The van der Waals surface area contributed by atoms with Crippen LogP contribution in [0.2, 0.25) is 0 Å². The van der Waals surface area contributed by atoms with E-state index in [0.29, 0.717) is 19.3 Å². The molecule has 0 fully saturated rings. The van der Waals surface area contributed by atoms with Crippen molar-refractivity contribution in [3.05, 3.63) is 23.8 Å². The highest BCUT2D eigenvalue weighted by molar-refractivity contribution is 5.77. The fraction of sp³-hybridized carbons (Fsp3) is 0.500. The van der Waals surface area contributed by atoms with E-state index in [4.69, 9.17) is 14.6 Å². The topological polar surface area (TPSA) is 84.9 Å². The number of ether oxygens (including phenoxy) is 2. The number of benzene rings is 1. The molecule has 6 heteroatoms. The average Bonchev–Trinajstić information content (AvgIpc) is 2.52. The van der Waals surface area contributed by atoms with E-state index in [1.165, 1.54) is 0 Å². The van der Waals surface area contributed by atoms with Gasteiger partial charge in [-0.05, 0) is 24.5 Å². The maximum Gasteiger partial charge on any atom is 0.308 e. The van der Waals surface area contributed by atoms with Crippen LogP contribution in [0, 0.1) is 5.92 Å². The molecule has 1 unspecified atom stereocenters. The fourth-order valence-electron chi connectivity index (χ4n) is 1.94. The van der Waals surface area contributed by atoms with E-state index in [1.54, 1.807) is 21.1 Å². The molecule has 22 heavy (non-hydrogen) atoms. The van der Waals surface area contributed by atoms with Gasteiger partial charge in [0.1, 0.15) is 11.5 Å². The van der Waals surface area contributed by atoms with Crippen molar-refractivity contribution in [2.45, 2.75) is 26.2 Å². The molecule has 0 radical (unpaired) electrons. The zero-order chi connectivity index (χ0) is 16.5. The molecule has 0 heterocycles. The number of amides is 1. The Morgan fingerprint density at radius 3 is 2.59 bits per heavy atom. The molecule has 1 atom stereocenters. The zero-order valence-electron chi connectivity index (χ0n) is 13.2. The summed E-state index contributed by atoms with van der Waals surface area (Å²) < 4.78 is 10.4. The molecule has 0 aromatic heterocycles. The SMILES string of the molecule is COc1ccc(CCCC(=O)NCC(C)C(=O)O)c(OC)c1. The first-order valence-electron chi connectivity index (χ1n) is 7.18. The Labute approximate surface area is 130 Å². The lowest BCUT2D eigenvalue weighted by molar-refractivity contribution is -0.141. The lowest BCUT2D eigenvalue weighted by atomic mass is 10.1. The van der Waals surface area contributed by atoms with Gasteiger partial charge in [0.05, 0.1) is 20.1 Å². The number of aliphatic carboxylic acids is 1. The minimum absolute atomic E-state index is 0.138. The van der Waals surface area contributed by atoms with Crippen LogP contribution < -0.4 is 14.8 Å². The van der Waals surface area contributed by atoms with Crippen LogP contribution in [0.25, 0.3) is 0 Å². The van der Waals surface area contributed by atoms with Crippen molar-refractivity contribution >= 4 is 11.9 Å². The van der Waals surface area contributed by atoms with E-state index < -0.39 is 11.9 Å². The number of hydrogen-bond acceptors (Lipinski definition) is 4. The van der Waals surface area contributed by atoms with Crippen molar-refractivity contribution < 1.29 is 24.2 Å². The van der Waals surface area contributed by atoms with E-state index in [2.05, 4.69) is 5.32 Å². The number of rotatable bonds is 9. The highest BCUT2D eigenvalue weighted by Gasteiger charge is 2.12. The lowest BCUT2D eigenvalue weighted by Gasteiger charge is -2.11. The Balaban J connectivity index is 2.40. The third-order valence-corrected chi connectivity index (χ3v) is 3.37. The fourth-order valence-corrected chi connectivity index (χ4v) is 1.94. The van der Waals surface area contributed by atoms with Crippen molar-refractivity contribution in [2.24, 2.45) is 5.92 Å². The maximum absolute atomic E-state index is 11.7. The van der Waals surface area contributed by atoms with Crippen LogP contribution in [0.15, 0.2) is 18.2 Å². The summed E-state index contributed by atoms with van der Waals surface area (Å²) >= 11 is 0. The van der Waals surface area contributed by atoms with Crippen LogP contribution in [0.1, 0.15) is 25.3 Å². The number of methoxy groups -OCH3 is 2. The third kappa shape index (κ3) is 5.63. The maximum atomic E-state index is 11.7. The smallest absolute Gasteiger partial charge is 0.308 e. The van der Waals surface area contributed by atoms with Gasteiger partial charge in [0.15, 0.2) is 0 Å². The molecule has 0 spiro atoms. The van der Waals surface area contributed by atoms with Gasteiger partial charge >= 0.3 is 5.97 Å². The molecule has 2 N–H and O–H groups in total. The van der Waals surface area contributed by atoms with Crippen LogP contribution in [0.3, 0.4) is 0 Å². The molecule has 0 saturated heterocycles. The summed E-state index contributed by atoms with van der Waals surface area (Å²) in [7, 11) is 3.19. The van der Waals surface area contributed by atoms with Gasteiger partial charge in [-0.25, -0.2) is 0 Å². The number of aryl methyl sites for hydroxylation is 1. The van der Waals surface area contributed by atoms with Gasteiger partial charge in [0.25, 0.3) is 0 Å². The highest BCUT2D eigenvalue weighted by atomic mass is 16.5. The number of carboxylic acid groups (broad SMARTS) is 1. The minimum atomic E-state index is -0.914. The van der Waals surface area contributed by atoms with Crippen molar-refractivity contribution in [3.63, 3.8) is 0 Å². The van der Waals surface area contributed by atoms with Crippen molar-refractivity contribution in [3.8, 4) is 11.5 Å². The highest BCUT2D eigenvalue weighted by Crippen LogP contribution is 2.25. The van der Waals surface area contributed by atoms with Gasteiger partial charge in [-0.1, -0.05) is 13.0 Å². The molecule has 0 aliphatic carbocycles. The number of carboxylic acids is 1. The molecule has 0 aliphatic heterocycles. The van der Waals surface area contributed by atoms with Crippen LogP contribution in [0.4, 0.5) is 0 Å². The largest absolute Gasteiger partial charge is 0.497 e. The lowest BCUT2D eigenvalue weighted by Crippen LogP contribution is -2.31. The first-order valence-corrected chi connectivity index (χ1v) is 7.18. The average molecular weight is 309 g/mol. The third-order valence-electron chi connectivity index (χ3n) is 3.37. The monoisotopic (exact) mass is 309 g/mol. The van der Waals surface area contributed by atoms with Crippen LogP contribution in [-0.2, 0) is 16.0 Å². The molecule has 0 aliphatic rings. The Morgan fingerprint density at radius 2 is 2.00 bits per heavy atom. The van der Waals surface area contributed by atoms with E-state index in [9.17, 15) is 9.59 Å². The zero-order valence-corrected chi connectivity index (χ0v) is 13.2. The Kier molecular flexibility index (Phi) is 7.22. The van der Waals surface area contributed by atoms with Crippen LogP contribution >= 0.6 is 0 Å². The van der Waals surface area contributed by atoms with Crippen molar-refractivity contribution in [2.75, 3.05) is 20.8 Å². The molecular formula is C16H23NO5. The first kappa shape index (κ1) is 17.8. The Morgan fingerprint density at radius 1 is 1.27 bits per heavy atom. The number of hydrogen-bond donors (Lipinski definition) is 2. The predicted octanol–water partition coefficient (Wildman–Crippen LogP) is 1.86. The van der Waals surface area contributed by atoms with E-state index in [1.807, 2.05) is 18.2 Å². The summed E-state index contributed by atoms with van der Waals surface area (Å²) in [4.78, 5) is 22.3. The second-order valence-corrected chi connectivity index (χ2v) is 5.07. The number of carbonyl (C=O) groups is 2. The molecule has 1 aromatic carbocycles. The van der Waals surface area contributed by atoms with Crippen LogP contribution in [-0.4, -0.2) is 37.7 Å². The second-order valence-electron chi connectivity index (χ2n) is 5.07. The normalized spacial score (nSPS) is 11.6. The quantitative estimate of drug-likeness (QED) is 0.727. The van der Waals surface area contributed by atoms with E-state index >= 15 is 0 Å². The minimum Gasteiger partial charge on any atom is -0.497 e. The number of carbonyl (C=O) groups excluding carboxylic acids is 1. The first-order chi connectivity index (χ1) is 10.5. The summed E-state index contributed by atoms with van der Waals surface area (Å²) in [6.07, 6.45) is 1.71. The Hall–Kier alpha value is -2.24. The second kappa shape index (κ2) is 8.92. The predicted molar refractivity (Wildman–Crippen MR) is 82.3 cm³/mol. The Bertz CT molecular complexity index is 515. The van der Waals surface area contributed by atoms with Gasteiger partial charge in [0, 0.05) is 19.0 Å². The molecule has 6 nitrogen and oxygen atoms in total. The van der Waals surface area contributed by atoms with E-state index in [0.717, 1.165) is 17.1 Å². The summed E-state index contributed by atoms with van der Waals surface area (Å²) in [5.41, 5.74) is 1.01. The molecule has 0 bridgehead atoms. The molecule has 0 saturated carbocycles. The van der Waals surface area contributed by atoms with Crippen molar-refractivity contribution in [1.82, 2.24) is 5.32 Å². The van der Waals surface area contributed by atoms with E-state index in [-0.39, 0.29) is 12.5 Å². The van der Waals surface area contributed by atoms with Gasteiger partial charge in [-0.3, -0.25) is 9.59 Å². The molecule has 1 rings (SSSR count). The van der Waals surface area contributed by atoms with Crippen LogP contribution in [0.5, 0.6) is 11.5 Å². The standard InChI is InChI=1S/C16H23NO5/c1-11(16(19)20)10-17-15(18)6-4-5-12-7-8-13(21-2)9-14(12)22-3/h7-9,11H,4-6,10H2,1-3H3,(H,17,18)(H,19,20).